The molecule has 0 aliphatic heterocycles. The highest BCUT2D eigenvalue weighted by atomic mass is 31.3. The molecular weight excluding hydrogens is 422 g/mol. The number of hydrogen-bond acceptors (Lipinski definition) is 7. The first kappa shape index (κ1) is 39.6. The van der Waals surface area contributed by atoms with Crippen molar-refractivity contribution in [2.24, 2.45) is 0 Å². The Hall–Kier alpha value is 0.100. The predicted molar refractivity (Wildman–Crippen MR) is 122 cm³/mol. The normalized spacial score (nSPS) is 10.1. The molecule has 0 aromatic heterocycles. The number of nitrogens with one attached hydrogen (secondary N) is 4. The molecule has 11 nitrogen and oxygen atoms in total. The molecule has 0 saturated heterocycles. The van der Waals surface area contributed by atoms with Crippen molar-refractivity contribution in [2.75, 3.05) is 52.4 Å². The molecule has 8 N–H and O–H groups in total. The van der Waals surface area contributed by atoms with E-state index in [-0.39, 0.29) is 0 Å². The highest BCUT2D eigenvalue weighted by Crippen LogP contribution is 2.53. The molecule has 0 aliphatic rings. The van der Waals surface area contributed by atoms with Gasteiger partial charge in [-0.05, 0) is 52.4 Å². The zero-order valence-electron chi connectivity index (χ0n) is 19.6. The van der Waals surface area contributed by atoms with Gasteiger partial charge < -0.3 is 40.8 Å². The van der Waals surface area contributed by atoms with E-state index in [9.17, 15) is 9.13 Å². The van der Waals surface area contributed by atoms with Crippen LogP contribution in [0.4, 0.5) is 0 Å². The fourth-order valence-electron chi connectivity index (χ4n) is 1.14. The van der Waals surface area contributed by atoms with E-state index in [1.54, 1.807) is 0 Å². The molecule has 184 valence electrons. The Labute approximate surface area is 178 Å². The van der Waals surface area contributed by atoms with Crippen LogP contribution in [0.1, 0.15) is 55.4 Å². The van der Waals surface area contributed by atoms with Gasteiger partial charge in [0, 0.05) is 0 Å². The molecule has 0 amide bonds. The van der Waals surface area contributed by atoms with Gasteiger partial charge in [-0.2, -0.15) is 4.31 Å². The first-order valence-corrected chi connectivity index (χ1v) is 13.1. The number of hydrogen-bond donors (Lipinski definition) is 8. The van der Waals surface area contributed by atoms with E-state index in [1.807, 2.05) is 0 Å². The Morgan fingerprint density at radius 3 is 0.621 bits per heavy atom. The van der Waals surface area contributed by atoms with Crippen molar-refractivity contribution in [1.29, 1.82) is 0 Å². The van der Waals surface area contributed by atoms with Gasteiger partial charge in [-0.1, -0.05) is 55.4 Å². The average molecular weight is 471 g/mol. The molecule has 0 aliphatic carbocycles. The molecule has 0 atom stereocenters. The zero-order valence-corrected chi connectivity index (χ0v) is 21.4. The molecule has 0 fully saturated rings. The third kappa shape index (κ3) is 96.3. The van der Waals surface area contributed by atoms with Crippen LogP contribution in [-0.2, 0) is 13.4 Å². The van der Waals surface area contributed by atoms with Crippen LogP contribution in [0.3, 0.4) is 0 Å². The summed E-state index contributed by atoms with van der Waals surface area (Å²) in [5.41, 5.74) is 0. The standard InChI is InChI=1S/4C4H11N.H4O7P2/c4*1-3-5-4-2;1-8(2,3)7-9(4,5)6/h4*5H,3-4H2,1-2H3;(H2,1,2,3)(H2,4,5,6). The van der Waals surface area contributed by atoms with Crippen LogP contribution in [0.15, 0.2) is 0 Å². The zero-order chi connectivity index (χ0) is 24.2. The van der Waals surface area contributed by atoms with Crippen molar-refractivity contribution < 1.29 is 33.0 Å². The van der Waals surface area contributed by atoms with Crippen LogP contribution in [0.25, 0.3) is 0 Å². The summed E-state index contributed by atoms with van der Waals surface area (Å²) < 4.78 is 22.2. The van der Waals surface area contributed by atoms with E-state index in [2.05, 4.69) is 81.0 Å². The van der Waals surface area contributed by atoms with Crippen molar-refractivity contribution in [2.45, 2.75) is 55.4 Å². The molecule has 0 unspecified atom stereocenters. The minimum atomic E-state index is -5.05. The average Bonchev–Trinajstić information content (AvgIpc) is 2.57. The van der Waals surface area contributed by atoms with Gasteiger partial charge in [0.05, 0.1) is 0 Å². The van der Waals surface area contributed by atoms with Crippen molar-refractivity contribution in [3.05, 3.63) is 0 Å². The SMILES string of the molecule is CCNCC.CCNCC.CCNCC.CCNCC.O=P(O)(O)OP(=O)(O)O. The molecule has 13 heteroatoms. The fourth-order valence-corrected chi connectivity index (χ4v) is 2.25. The van der Waals surface area contributed by atoms with Gasteiger partial charge in [0.2, 0.25) is 0 Å². The van der Waals surface area contributed by atoms with Gasteiger partial charge >= 0.3 is 15.6 Å². The molecule has 0 aromatic carbocycles. The molecule has 0 rings (SSSR count). The topological polar surface area (TPSA) is 172 Å². The summed E-state index contributed by atoms with van der Waals surface area (Å²) in [6.07, 6.45) is 0. The number of phosphoric acid groups is 2. The third-order valence-electron chi connectivity index (χ3n) is 2.21. The lowest BCUT2D eigenvalue weighted by molar-refractivity contribution is 0.225. The smallest absolute Gasteiger partial charge is 0.317 e. The van der Waals surface area contributed by atoms with E-state index in [0.717, 1.165) is 52.4 Å². The summed E-state index contributed by atoms with van der Waals surface area (Å²) in [6, 6.07) is 0. The Morgan fingerprint density at radius 1 is 0.483 bits per heavy atom. The van der Waals surface area contributed by atoms with Crippen LogP contribution < -0.4 is 21.3 Å². The first-order valence-electron chi connectivity index (χ1n) is 10.0. The summed E-state index contributed by atoms with van der Waals surface area (Å²) in [4.78, 5) is 31.0. The summed E-state index contributed by atoms with van der Waals surface area (Å²) in [5, 5.41) is 12.4. The van der Waals surface area contributed by atoms with Gasteiger partial charge in [0.1, 0.15) is 0 Å². The Bertz CT molecular complexity index is 304. The molecular formula is C16H48N4O7P2. The lowest BCUT2D eigenvalue weighted by atomic mass is 10.7. The second kappa shape index (κ2) is 32.8. The van der Waals surface area contributed by atoms with Crippen molar-refractivity contribution in [1.82, 2.24) is 21.3 Å². The second-order valence-corrected chi connectivity index (χ2v) is 7.51. The van der Waals surface area contributed by atoms with Gasteiger partial charge in [-0.25, -0.2) is 9.13 Å². The Balaban J connectivity index is -0.0000000853. The summed E-state index contributed by atoms with van der Waals surface area (Å²) in [5.74, 6) is 0. The minimum absolute atomic E-state index is 1.09. The van der Waals surface area contributed by atoms with Crippen molar-refractivity contribution in [3.8, 4) is 0 Å². The summed E-state index contributed by atoms with van der Waals surface area (Å²) >= 11 is 0. The van der Waals surface area contributed by atoms with E-state index in [4.69, 9.17) is 19.6 Å². The first-order chi connectivity index (χ1) is 13.4. The van der Waals surface area contributed by atoms with Crippen LogP contribution in [0.2, 0.25) is 0 Å². The maximum atomic E-state index is 9.63. The number of rotatable bonds is 10. The van der Waals surface area contributed by atoms with Crippen LogP contribution in [0.5, 0.6) is 0 Å². The van der Waals surface area contributed by atoms with Gasteiger partial charge in [0.25, 0.3) is 0 Å². The van der Waals surface area contributed by atoms with Crippen LogP contribution in [-0.4, -0.2) is 71.9 Å². The van der Waals surface area contributed by atoms with E-state index >= 15 is 0 Å². The van der Waals surface area contributed by atoms with E-state index in [1.165, 1.54) is 0 Å². The van der Waals surface area contributed by atoms with Crippen LogP contribution >= 0.6 is 15.6 Å². The Morgan fingerprint density at radius 2 is 0.621 bits per heavy atom. The summed E-state index contributed by atoms with van der Waals surface area (Å²) in [7, 11) is -10.1. The molecule has 0 saturated carbocycles. The monoisotopic (exact) mass is 470 g/mol. The predicted octanol–water partition coefficient (Wildman–Crippen LogP) is 1.65. The quantitative estimate of drug-likeness (QED) is 0.218. The molecule has 0 spiro atoms. The van der Waals surface area contributed by atoms with Gasteiger partial charge in [-0.3, -0.25) is 0 Å². The highest BCUT2D eigenvalue weighted by molar-refractivity contribution is 7.60. The lowest BCUT2D eigenvalue weighted by Crippen LogP contribution is -2.09. The van der Waals surface area contributed by atoms with Crippen molar-refractivity contribution in [3.63, 3.8) is 0 Å². The van der Waals surface area contributed by atoms with Crippen molar-refractivity contribution >= 4 is 15.6 Å². The Kier molecular flexibility index (Phi) is 44.7. The minimum Gasteiger partial charge on any atom is -0.317 e. The summed E-state index contributed by atoms with van der Waals surface area (Å²) in [6.45, 7) is 25.6. The lowest BCUT2D eigenvalue weighted by Gasteiger charge is -2.03. The largest absolute Gasteiger partial charge is 0.478 e. The second-order valence-electron chi connectivity index (χ2n) is 4.89. The fraction of sp³-hybridized carbons (Fsp3) is 1.00. The molecule has 0 aromatic rings. The molecule has 0 heterocycles. The highest BCUT2D eigenvalue weighted by Gasteiger charge is 2.27. The maximum absolute atomic E-state index is 9.63. The maximum Gasteiger partial charge on any atom is 0.478 e. The molecule has 0 radical (unpaired) electrons. The van der Waals surface area contributed by atoms with Gasteiger partial charge in [-0.15, -0.1) is 0 Å². The molecule has 29 heavy (non-hydrogen) atoms. The molecule has 0 bridgehead atoms. The van der Waals surface area contributed by atoms with E-state index in [0.29, 0.717) is 0 Å². The van der Waals surface area contributed by atoms with E-state index < -0.39 is 15.6 Å². The van der Waals surface area contributed by atoms with Crippen LogP contribution in [0, 0.1) is 0 Å². The third-order valence-corrected chi connectivity index (χ3v) is 3.91. The van der Waals surface area contributed by atoms with Gasteiger partial charge in [0.15, 0.2) is 0 Å².